The van der Waals surface area contributed by atoms with Crippen molar-refractivity contribution in [2.45, 2.75) is 26.4 Å². The Morgan fingerprint density at radius 2 is 2.06 bits per heavy atom. The van der Waals surface area contributed by atoms with Gasteiger partial charge in [-0.3, -0.25) is 4.79 Å². The molecule has 0 aromatic heterocycles. The van der Waals surface area contributed by atoms with Crippen LogP contribution in [0.5, 0.6) is 0 Å². The normalized spacial score (nSPS) is 21.1. The largest absolute Gasteiger partial charge is 0.377 e. The molecule has 92 valence electrons. The third-order valence-corrected chi connectivity index (χ3v) is 3.09. The summed E-state index contributed by atoms with van der Waals surface area (Å²) >= 11 is 0. The number of benzene rings is 1. The van der Waals surface area contributed by atoms with Crippen LogP contribution in [0.2, 0.25) is 0 Å². The summed E-state index contributed by atoms with van der Waals surface area (Å²) in [5.41, 5.74) is 1.94. The molecule has 0 N–H and O–H groups in total. The lowest BCUT2D eigenvalue weighted by molar-refractivity contribution is 0.0820. The quantitative estimate of drug-likeness (QED) is 0.735. The highest BCUT2D eigenvalue weighted by atomic mass is 16.5. The van der Waals surface area contributed by atoms with E-state index < -0.39 is 0 Å². The second-order valence-corrected chi connectivity index (χ2v) is 4.58. The van der Waals surface area contributed by atoms with Crippen LogP contribution < -0.4 is 4.90 Å². The first-order valence-corrected chi connectivity index (χ1v) is 6.14. The van der Waals surface area contributed by atoms with Gasteiger partial charge in [-0.05, 0) is 44.5 Å². The minimum absolute atomic E-state index is 0.115. The third-order valence-electron chi connectivity index (χ3n) is 3.09. The molecule has 1 heterocycles. The maximum atomic E-state index is 11.2. The van der Waals surface area contributed by atoms with Crippen LogP contribution in [-0.2, 0) is 4.74 Å². The molecule has 1 aromatic rings. The highest BCUT2D eigenvalue weighted by Crippen LogP contribution is 2.18. The fourth-order valence-electron chi connectivity index (χ4n) is 2.14. The molecule has 0 aliphatic carbocycles. The molecule has 0 bridgehead atoms. The standard InChI is InChI=1S/C14H19NO2/c1-11-10-15(8-3-9-17-11)14-6-4-13(5-7-14)12(2)16/h4-7,11H,3,8-10H2,1-2H3. The van der Waals surface area contributed by atoms with Crippen molar-refractivity contribution in [3.05, 3.63) is 29.8 Å². The number of Topliss-reactive ketones (excluding diaryl/α,β-unsaturated/α-hetero) is 1. The summed E-state index contributed by atoms with van der Waals surface area (Å²) in [5, 5.41) is 0. The fraction of sp³-hybridized carbons (Fsp3) is 0.500. The van der Waals surface area contributed by atoms with Gasteiger partial charge in [-0.2, -0.15) is 0 Å². The maximum absolute atomic E-state index is 11.2. The summed E-state index contributed by atoms with van der Waals surface area (Å²) in [6, 6.07) is 7.84. The highest BCUT2D eigenvalue weighted by molar-refractivity contribution is 5.94. The zero-order valence-corrected chi connectivity index (χ0v) is 10.5. The topological polar surface area (TPSA) is 29.5 Å². The first-order chi connectivity index (χ1) is 8.16. The van der Waals surface area contributed by atoms with Crippen LogP contribution in [0.3, 0.4) is 0 Å². The van der Waals surface area contributed by atoms with Gasteiger partial charge in [0, 0.05) is 30.9 Å². The number of nitrogens with zero attached hydrogens (tertiary/aromatic N) is 1. The Morgan fingerprint density at radius 1 is 1.35 bits per heavy atom. The molecule has 1 unspecified atom stereocenters. The van der Waals surface area contributed by atoms with Crippen LogP contribution in [0.25, 0.3) is 0 Å². The van der Waals surface area contributed by atoms with E-state index in [1.807, 2.05) is 24.3 Å². The van der Waals surface area contributed by atoms with E-state index in [2.05, 4.69) is 11.8 Å². The van der Waals surface area contributed by atoms with Crippen LogP contribution >= 0.6 is 0 Å². The second kappa shape index (κ2) is 5.32. The Kier molecular flexibility index (Phi) is 3.79. The van der Waals surface area contributed by atoms with Crippen LogP contribution in [-0.4, -0.2) is 31.6 Å². The van der Waals surface area contributed by atoms with Gasteiger partial charge in [-0.15, -0.1) is 0 Å². The van der Waals surface area contributed by atoms with Crippen molar-refractivity contribution in [3.8, 4) is 0 Å². The molecular formula is C14H19NO2. The average molecular weight is 233 g/mol. The van der Waals surface area contributed by atoms with E-state index in [0.717, 1.165) is 31.7 Å². The average Bonchev–Trinajstić information content (AvgIpc) is 2.54. The predicted octanol–water partition coefficient (Wildman–Crippen LogP) is 2.50. The van der Waals surface area contributed by atoms with Gasteiger partial charge in [0.15, 0.2) is 5.78 Å². The molecule has 0 saturated carbocycles. The van der Waals surface area contributed by atoms with Gasteiger partial charge >= 0.3 is 0 Å². The predicted molar refractivity (Wildman–Crippen MR) is 68.7 cm³/mol. The molecule has 0 amide bonds. The summed E-state index contributed by atoms with van der Waals surface area (Å²) in [6.45, 7) is 6.46. The molecule has 1 aliphatic heterocycles. The monoisotopic (exact) mass is 233 g/mol. The smallest absolute Gasteiger partial charge is 0.159 e. The minimum atomic E-state index is 0.115. The molecule has 2 rings (SSSR count). The van der Waals surface area contributed by atoms with E-state index in [0.29, 0.717) is 0 Å². The van der Waals surface area contributed by atoms with Gasteiger partial charge < -0.3 is 9.64 Å². The Balaban J connectivity index is 2.12. The summed E-state index contributed by atoms with van der Waals surface area (Å²) in [4.78, 5) is 13.5. The summed E-state index contributed by atoms with van der Waals surface area (Å²) in [7, 11) is 0. The van der Waals surface area contributed by atoms with Gasteiger partial charge in [0.2, 0.25) is 0 Å². The van der Waals surface area contributed by atoms with E-state index in [-0.39, 0.29) is 11.9 Å². The number of ketones is 1. The highest BCUT2D eigenvalue weighted by Gasteiger charge is 2.15. The van der Waals surface area contributed by atoms with E-state index in [1.54, 1.807) is 6.92 Å². The number of carbonyl (C=O) groups excluding carboxylic acids is 1. The lowest BCUT2D eigenvalue weighted by Crippen LogP contribution is -2.30. The van der Waals surface area contributed by atoms with E-state index in [9.17, 15) is 4.79 Å². The number of ether oxygens (including phenoxy) is 1. The number of rotatable bonds is 2. The van der Waals surface area contributed by atoms with E-state index in [1.165, 1.54) is 5.69 Å². The van der Waals surface area contributed by atoms with Crippen molar-refractivity contribution in [3.63, 3.8) is 0 Å². The molecule has 0 spiro atoms. The summed E-state index contributed by atoms with van der Waals surface area (Å²) in [5.74, 6) is 0.115. The SMILES string of the molecule is CC(=O)c1ccc(N2CCCOC(C)C2)cc1. The van der Waals surface area contributed by atoms with Crippen molar-refractivity contribution in [1.82, 2.24) is 0 Å². The maximum Gasteiger partial charge on any atom is 0.159 e. The van der Waals surface area contributed by atoms with Crippen molar-refractivity contribution >= 4 is 11.5 Å². The number of hydrogen-bond donors (Lipinski definition) is 0. The minimum Gasteiger partial charge on any atom is -0.377 e. The van der Waals surface area contributed by atoms with Crippen LogP contribution in [0, 0.1) is 0 Å². The number of hydrogen-bond acceptors (Lipinski definition) is 3. The Bertz CT molecular complexity index is 386. The second-order valence-electron chi connectivity index (χ2n) is 4.58. The first kappa shape index (κ1) is 12.1. The molecule has 3 nitrogen and oxygen atoms in total. The van der Waals surface area contributed by atoms with Crippen molar-refractivity contribution in [1.29, 1.82) is 0 Å². The molecule has 3 heteroatoms. The Morgan fingerprint density at radius 3 is 2.71 bits per heavy atom. The molecule has 0 radical (unpaired) electrons. The lowest BCUT2D eigenvalue weighted by Gasteiger charge is -2.24. The van der Waals surface area contributed by atoms with Gasteiger partial charge in [-0.1, -0.05) is 0 Å². The zero-order chi connectivity index (χ0) is 12.3. The Labute approximate surface area is 102 Å². The molecule has 1 atom stereocenters. The van der Waals surface area contributed by atoms with Gasteiger partial charge in [0.25, 0.3) is 0 Å². The van der Waals surface area contributed by atoms with Gasteiger partial charge in [-0.25, -0.2) is 0 Å². The van der Waals surface area contributed by atoms with Crippen molar-refractivity contribution in [2.75, 3.05) is 24.6 Å². The van der Waals surface area contributed by atoms with Crippen LogP contribution in [0.4, 0.5) is 5.69 Å². The lowest BCUT2D eigenvalue weighted by atomic mass is 10.1. The molecule has 1 aliphatic rings. The molecule has 1 aromatic carbocycles. The number of carbonyl (C=O) groups is 1. The van der Waals surface area contributed by atoms with Gasteiger partial charge in [0.05, 0.1) is 6.10 Å². The van der Waals surface area contributed by atoms with E-state index in [4.69, 9.17) is 4.74 Å². The van der Waals surface area contributed by atoms with Crippen LogP contribution in [0.1, 0.15) is 30.6 Å². The summed E-state index contributed by atoms with van der Waals surface area (Å²) in [6.07, 6.45) is 1.32. The third kappa shape index (κ3) is 3.07. The molecule has 1 saturated heterocycles. The number of anilines is 1. The Hall–Kier alpha value is -1.35. The molecular weight excluding hydrogens is 214 g/mol. The van der Waals surface area contributed by atoms with Crippen molar-refractivity contribution in [2.24, 2.45) is 0 Å². The van der Waals surface area contributed by atoms with Crippen molar-refractivity contribution < 1.29 is 9.53 Å². The fourth-order valence-corrected chi connectivity index (χ4v) is 2.14. The summed E-state index contributed by atoms with van der Waals surface area (Å²) < 4.78 is 5.62. The zero-order valence-electron chi connectivity index (χ0n) is 10.5. The van der Waals surface area contributed by atoms with Crippen LogP contribution in [0.15, 0.2) is 24.3 Å². The molecule has 1 fully saturated rings. The van der Waals surface area contributed by atoms with Gasteiger partial charge in [0.1, 0.15) is 0 Å². The van der Waals surface area contributed by atoms with E-state index >= 15 is 0 Å². The first-order valence-electron chi connectivity index (χ1n) is 6.14. The molecule has 17 heavy (non-hydrogen) atoms.